The van der Waals surface area contributed by atoms with E-state index in [0.29, 0.717) is 17.5 Å². The lowest BCUT2D eigenvalue weighted by molar-refractivity contribution is 0.263. The van der Waals surface area contributed by atoms with E-state index in [-0.39, 0.29) is 6.23 Å². The van der Waals surface area contributed by atoms with E-state index in [9.17, 15) is 0 Å². The maximum atomic E-state index is 6.56. The molecule has 0 saturated heterocycles. The normalized spacial score (nSPS) is 14.0. The molecule has 5 nitrogen and oxygen atoms in total. The van der Waals surface area contributed by atoms with Gasteiger partial charge in [-0.3, -0.25) is 0 Å². The second-order valence-corrected chi connectivity index (χ2v) is 10.1. The Morgan fingerprint density at radius 2 is 1.05 bits per heavy atom. The third-order valence-corrected chi connectivity index (χ3v) is 7.54. The fraction of sp³-hybridized carbons (Fsp3) is 0.0278. The first-order chi connectivity index (χ1) is 20.3. The Kier molecular flexibility index (Phi) is 5.45. The fourth-order valence-corrected chi connectivity index (χ4v) is 5.49. The number of rotatable bonds is 4. The quantitative estimate of drug-likeness (QED) is 0.232. The highest BCUT2D eigenvalue weighted by atomic mass is 16.5. The molecule has 8 rings (SSSR count). The Morgan fingerprint density at radius 3 is 1.71 bits per heavy atom. The molecule has 1 aliphatic rings. The van der Waals surface area contributed by atoms with Crippen molar-refractivity contribution in [1.82, 2.24) is 15.0 Å². The predicted octanol–water partition coefficient (Wildman–Crippen LogP) is 8.68. The fourth-order valence-electron chi connectivity index (χ4n) is 5.49. The smallest absolute Gasteiger partial charge is 0.196 e. The molecule has 0 spiro atoms. The van der Waals surface area contributed by atoms with Crippen molar-refractivity contribution in [3.8, 4) is 39.9 Å². The van der Waals surface area contributed by atoms with Crippen LogP contribution in [-0.2, 0) is 0 Å². The Bertz CT molecular complexity index is 1990. The molecule has 2 heterocycles. The molecule has 1 unspecified atom stereocenters. The molecule has 0 fully saturated rings. The summed E-state index contributed by atoms with van der Waals surface area (Å²) in [4.78, 5) is 14.7. The summed E-state index contributed by atoms with van der Waals surface area (Å²) in [5, 5.41) is 7.97. The van der Waals surface area contributed by atoms with Gasteiger partial charge in [-0.1, -0.05) is 121 Å². The molecule has 0 radical (unpaired) electrons. The molecule has 1 aliphatic heterocycles. The second kappa shape index (κ2) is 9.57. The number of hydrogen-bond acceptors (Lipinski definition) is 5. The highest BCUT2D eigenvalue weighted by molar-refractivity contribution is 6.13. The zero-order valence-corrected chi connectivity index (χ0v) is 22.0. The number of anilines is 1. The molecule has 6 aromatic carbocycles. The maximum absolute atomic E-state index is 6.56. The first kappa shape index (κ1) is 23.3. The number of nitrogens with one attached hydrogen (secondary N) is 1. The summed E-state index contributed by atoms with van der Waals surface area (Å²) in [7, 11) is 0. The lowest BCUT2D eigenvalue weighted by Gasteiger charge is -2.13. The van der Waals surface area contributed by atoms with Gasteiger partial charge in [-0.25, -0.2) is 15.0 Å². The zero-order chi connectivity index (χ0) is 27.2. The molecule has 0 saturated carbocycles. The van der Waals surface area contributed by atoms with Gasteiger partial charge < -0.3 is 10.1 Å². The zero-order valence-electron chi connectivity index (χ0n) is 22.0. The molecule has 0 aliphatic carbocycles. The highest BCUT2D eigenvalue weighted by Crippen LogP contribution is 2.46. The standard InChI is InChI=1S/C36H24N4O/c1-4-10-25(11-5-1)33-38-34(26-12-6-2-7-13-26)40-35(39-33)28-19-17-23-16-18-24-20-21-30-32(31(24)29(23)22-28)41-36(37-30)27-14-8-3-9-15-27/h1-22,36-37H. The first-order valence-corrected chi connectivity index (χ1v) is 13.7. The summed E-state index contributed by atoms with van der Waals surface area (Å²) in [5.41, 5.74) is 4.89. The maximum Gasteiger partial charge on any atom is 0.196 e. The average molecular weight is 529 g/mol. The Morgan fingerprint density at radius 1 is 0.512 bits per heavy atom. The lowest BCUT2D eigenvalue weighted by atomic mass is 9.98. The molecule has 1 N–H and O–H groups in total. The van der Waals surface area contributed by atoms with E-state index in [1.54, 1.807) is 0 Å². The van der Waals surface area contributed by atoms with Crippen LogP contribution < -0.4 is 10.1 Å². The van der Waals surface area contributed by atoms with Gasteiger partial charge in [-0.15, -0.1) is 0 Å². The van der Waals surface area contributed by atoms with Crippen molar-refractivity contribution >= 4 is 27.2 Å². The second-order valence-electron chi connectivity index (χ2n) is 10.1. The molecule has 194 valence electrons. The SMILES string of the molecule is c1ccc(-c2nc(-c3ccccc3)nc(-c3ccc4ccc5ccc6c(c5c4c3)OC(c3ccccc3)N6)n2)cc1. The summed E-state index contributed by atoms with van der Waals surface area (Å²) in [6.07, 6.45) is -0.236. The van der Waals surface area contributed by atoms with Crippen LogP contribution in [0.2, 0.25) is 0 Å². The summed E-state index contributed by atoms with van der Waals surface area (Å²) >= 11 is 0. The van der Waals surface area contributed by atoms with E-state index in [4.69, 9.17) is 19.7 Å². The summed E-state index contributed by atoms with van der Waals surface area (Å²) in [5.74, 6) is 2.79. The summed E-state index contributed by atoms with van der Waals surface area (Å²) in [6, 6.07) is 45.3. The molecule has 41 heavy (non-hydrogen) atoms. The van der Waals surface area contributed by atoms with Crippen LogP contribution in [0.25, 0.3) is 55.7 Å². The number of aromatic nitrogens is 3. The van der Waals surface area contributed by atoms with Gasteiger partial charge in [0, 0.05) is 27.6 Å². The first-order valence-electron chi connectivity index (χ1n) is 13.7. The van der Waals surface area contributed by atoms with Crippen molar-refractivity contribution in [2.24, 2.45) is 0 Å². The molecule has 1 aromatic heterocycles. The average Bonchev–Trinajstić information content (AvgIpc) is 3.50. The number of benzene rings is 6. The van der Waals surface area contributed by atoms with Crippen molar-refractivity contribution < 1.29 is 4.74 Å². The van der Waals surface area contributed by atoms with Crippen LogP contribution in [0.3, 0.4) is 0 Å². The van der Waals surface area contributed by atoms with Crippen LogP contribution >= 0.6 is 0 Å². The van der Waals surface area contributed by atoms with Crippen LogP contribution in [0.5, 0.6) is 5.75 Å². The Labute approximate surface area is 237 Å². The largest absolute Gasteiger partial charge is 0.464 e. The van der Waals surface area contributed by atoms with Gasteiger partial charge in [0.1, 0.15) is 0 Å². The monoisotopic (exact) mass is 528 g/mol. The van der Waals surface area contributed by atoms with Crippen molar-refractivity contribution in [3.05, 3.63) is 139 Å². The topological polar surface area (TPSA) is 59.9 Å². The molecule has 5 heteroatoms. The van der Waals surface area contributed by atoms with Crippen molar-refractivity contribution in [1.29, 1.82) is 0 Å². The molecular formula is C36H24N4O. The van der Waals surface area contributed by atoms with Crippen LogP contribution in [-0.4, -0.2) is 15.0 Å². The number of fused-ring (bicyclic) bond motifs is 5. The predicted molar refractivity (Wildman–Crippen MR) is 165 cm³/mol. The van der Waals surface area contributed by atoms with Gasteiger partial charge in [0.05, 0.1) is 5.69 Å². The van der Waals surface area contributed by atoms with Crippen LogP contribution in [0.4, 0.5) is 5.69 Å². The van der Waals surface area contributed by atoms with E-state index in [1.807, 2.05) is 78.9 Å². The Hall–Kier alpha value is -5.55. The number of ether oxygens (including phenoxy) is 1. The minimum Gasteiger partial charge on any atom is -0.464 e. The third-order valence-electron chi connectivity index (χ3n) is 7.54. The summed E-state index contributed by atoms with van der Waals surface area (Å²) in [6.45, 7) is 0. The number of nitrogens with zero attached hydrogens (tertiary/aromatic N) is 3. The van der Waals surface area contributed by atoms with Crippen molar-refractivity contribution in [3.63, 3.8) is 0 Å². The molecule has 0 bridgehead atoms. The van der Waals surface area contributed by atoms with Gasteiger partial charge in [0.25, 0.3) is 0 Å². The van der Waals surface area contributed by atoms with Gasteiger partial charge >= 0.3 is 0 Å². The van der Waals surface area contributed by atoms with Crippen molar-refractivity contribution in [2.45, 2.75) is 6.23 Å². The number of hydrogen-bond donors (Lipinski definition) is 1. The molecule has 0 amide bonds. The van der Waals surface area contributed by atoms with E-state index < -0.39 is 0 Å². The minimum absolute atomic E-state index is 0.236. The van der Waals surface area contributed by atoms with Crippen LogP contribution in [0.1, 0.15) is 11.8 Å². The van der Waals surface area contributed by atoms with Crippen LogP contribution in [0.15, 0.2) is 133 Å². The van der Waals surface area contributed by atoms with Gasteiger partial charge in [0.15, 0.2) is 29.5 Å². The van der Waals surface area contributed by atoms with Crippen molar-refractivity contribution in [2.75, 3.05) is 5.32 Å². The third kappa shape index (κ3) is 4.15. The molecule has 7 aromatic rings. The Balaban J connectivity index is 1.31. The highest BCUT2D eigenvalue weighted by Gasteiger charge is 2.26. The van der Waals surface area contributed by atoms with E-state index in [2.05, 4.69) is 59.9 Å². The molecular weight excluding hydrogens is 504 g/mol. The minimum atomic E-state index is -0.236. The van der Waals surface area contributed by atoms with E-state index in [0.717, 1.165) is 55.2 Å². The van der Waals surface area contributed by atoms with Gasteiger partial charge in [-0.05, 0) is 28.3 Å². The molecule has 1 atom stereocenters. The summed E-state index contributed by atoms with van der Waals surface area (Å²) < 4.78 is 6.56. The van der Waals surface area contributed by atoms with E-state index >= 15 is 0 Å². The van der Waals surface area contributed by atoms with Crippen LogP contribution in [0, 0.1) is 0 Å². The van der Waals surface area contributed by atoms with Gasteiger partial charge in [-0.2, -0.15) is 0 Å². The van der Waals surface area contributed by atoms with Gasteiger partial charge in [0.2, 0.25) is 0 Å². The van der Waals surface area contributed by atoms with E-state index in [1.165, 1.54) is 0 Å². The lowest BCUT2D eigenvalue weighted by Crippen LogP contribution is -2.09.